The zero-order valence-electron chi connectivity index (χ0n) is 9.70. The van der Waals surface area contributed by atoms with Crippen LogP contribution in [0.1, 0.15) is 19.4 Å². The van der Waals surface area contributed by atoms with Gasteiger partial charge in [0.15, 0.2) is 0 Å². The third-order valence-electron chi connectivity index (χ3n) is 2.26. The summed E-state index contributed by atoms with van der Waals surface area (Å²) in [5.74, 6) is 0.818. The molecule has 1 rings (SSSR count). The van der Waals surface area contributed by atoms with Gasteiger partial charge in [0.05, 0.1) is 11.6 Å². The average Bonchev–Trinajstić information content (AvgIpc) is 2.26. The summed E-state index contributed by atoms with van der Waals surface area (Å²) in [6.45, 7) is 9.44. The monoisotopic (exact) mass is 240 g/mol. The van der Waals surface area contributed by atoms with Gasteiger partial charge in [-0.25, -0.2) is 4.98 Å². The van der Waals surface area contributed by atoms with E-state index < -0.39 is 0 Å². The first-order valence-electron chi connectivity index (χ1n) is 5.23. The molecule has 3 nitrogen and oxygen atoms in total. The van der Waals surface area contributed by atoms with Gasteiger partial charge < -0.3 is 10.0 Å². The molecule has 0 bridgehead atoms. The van der Waals surface area contributed by atoms with Crippen molar-refractivity contribution < 1.29 is 5.11 Å². The lowest BCUT2D eigenvalue weighted by atomic mass is 10.2. The lowest BCUT2D eigenvalue weighted by Crippen LogP contribution is -2.25. The van der Waals surface area contributed by atoms with Crippen LogP contribution < -0.4 is 4.90 Å². The fourth-order valence-corrected chi connectivity index (χ4v) is 1.61. The maximum atomic E-state index is 9.13. The van der Waals surface area contributed by atoms with Crippen LogP contribution in [-0.4, -0.2) is 23.2 Å². The van der Waals surface area contributed by atoms with E-state index in [0.29, 0.717) is 10.6 Å². The van der Waals surface area contributed by atoms with Crippen LogP contribution in [0.4, 0.5) is 5.82 Å². The highest BCUT2D eigenvalue weighted by molar-refractivity contribution is 6.31. The zero-order valence-corrected chi connectivity index (χ0v) is 10.5. The minimum absolute atomic E-state index is 0.0705. The highest BCUT2D eigenvalue weighted by atomic mass is 35.5. The molecule has 0 radical (unpaired) electrons. The molecule has 0 amide bonds. The molecule has 0 aliphatic heterocycles. The van der Waals surface area contributed by atoms with E-state index in [4.69, 9.17) is 16.7 Å². The van der Waals surface area contributed by atoms with Crippen molar-refractivity contribution in [3.05, 3.63) is 35.0 Å². The SMILES string of the molecule is C=C(C)CN(CC)c1cc(CO)c(Cl)cn1. The molecule has 1 N–H and O–H groups in total. The molecule has 0 fully saturated rings. The fourth-order valence-electron chi connectivity index (χ4n) is 1.44. The minimum atomic E-state index is -0.0705. The summed E-state index contributed by atoms with van der Waals surface area (Å²) in [4.78, 5) is 6.33. The number of nitrogens with zero attached hydrogens (tertiary/aromatic N) is 2. The molecule has 0 atom stereocenters. The second kappa shape index (κ2) is 5.87. The summed E-state index contributed by atoms with van der Waals surface area (Å²) in [6.07, 6.45) is 1.57. The fraction of sp³-hybridized carbons (Fsp3) is 0.417. The zero-order chi connectivity index (χ0) is 12.1. The predicted molar refractivity (Wildman–Crippen MR) is 67.9 cm³/mol. The maximum Gasteiger partial charge on any atom is 0.129 e. The Hall–Kier alpha value is -1.06. The van der Waals surface area contributed by atoms with E-state index >= 15 is 0 Å². The van der Waals surface area contributed by atoms with Crippen LogP contribution in [0.15, 0.2) is 24.4 Å². The van der Waals surface area contributed by atoms with E-state index in [1.165, 1.54) is 0 Å². The Bertz CT molecular complexity index is 379. The van der Waals surface area contributed by atoms with E-state index in [2.05, 4.69) is 23.4 Å². The van der Waals surface area contributed by atoms with Crippen molar-refractivity contribution in [1.82, 2.24) is 4.98 Å². The number of aliphatic hydroxyl groups is 1. The molecule has 16 heavy (non-hydrogen) atoms. The standard InChI is InChI=1S/C12H17ClN2O/c1-4-15(7-9(2)3)12-5-10(8-16)11(13)6-14-12/h5-6,16H,2,4,7-8H2,1,3H3. The van der Waals surface area contributed by atoms with Gasteiger partial charge in [-0.1, -0.05) is 23.8 Å². The van der Waals surface area contributed by atoms with E-state index in [9.17, 15) is 0 Å². The van der Waals surface area contributed by atoms with Crippen LogP contribution in [-0.2, 0) is 6.61 Å². The first-order valence-corrected chi connectivity index (χ1v) is 5.60. The molecule has 0 unspecified atom stereocenters. The van der Waals surface area contributed by atoms with Crippen molar-refractivity contribution in [2.75, 3.05) is 18.0 Å². The first-order chi connectivity index (χ1) is 7.58. The van der Waals surface area contributed by atoms with Crippen LogP contribution >= 0.6 is 11.6 Å². The largest absolute Gasteiger partial charge is 0.392 e. The van der Waals surface area contributed by atoms with Gasteiger partial charge >= 0.3 is 0 Å². The number of hydrogen-bond donors (Lipinski definition) is 1. The third-order valence-corrected chi connectivity index (χ3v) is 2.60. The van der Waals surface area contributed by atoms with Crippen LogP contribution in [0.3, 0.4) is 0 Å². The number of pyridine rings is 1. The Morgan fingerprint density at radius 3 is 2.81 bits per heavy atom. The van der Waals surface area contributed by atoms with Crippen molar-refractivity contribution in [3.63, 3.8) is 0 Å². The number of aromatic nitrogens is 1. The Morgan fingerprint density at radius 1 is 1.62 bits per heavy atom. The lowest BCUT2D eigenvalue weighted by molar-refractivity contribution is 0.282. The van der Waals surface area contributed by atoms with E-state index in [1.807, 2.05) is 13.0 Å². The number of anilines is 1. The number of hydrogen-bond acceptors (Lipinski definition) is 3. The second-order valence-electron chi connectivity index (χ2n) is 3.76. The molecule has 1 aromatic rings. The summed E-state index contributed by atoms with van der Waals surface area (Å²) in [7, 11) is 0. The number of rotatable bonds is 5. The minimum Gasteiger partial charge on any atom is -0.392 e. The summed E-state index contributed by atoms with van der Waals surface area (Å²) < 4.78 is 0. The van der Waals surface area contributed by atoms with Gasteiger partial charge in [-0.2, -0.15) is 0 Å². The quantitative estimate of drug-likeness (QED) is 0.804. The molecule has 0 saturated carbocycles. The lowest BCUT2D eigenvalue weighted by Gasteiger charge is -2.22. The molecule has 0 spiro atoms. The highest BCUT2D eigenvalue weighted by Gasteiger charge is 2.08. The number of aliphatic hydroxyl groups excluding tert-OH is 1. The molecular formula is C12H17ClN2O. The molecular weight excluding hydrogens is 224 g/mol. The molecule has 0 aliphatic carbocycles. The molecule has 0 saturated heterocycles. The summed E-state index contributed by atoms with van der Waals surface area (Å²) in [5, 5.41) is 9.63. The van der Waals surface area contributed by atoms with Gasteiger partial charge in [0.1, 0.15) is 5.82 Å². The van der Waals surface area contributed by atoms with E-state index in [1.54, 1.807) is 6.20 Å². The van der Waals surface area contributed by atoms with E-state index in [-0.39, 0.29) is 6.61 Å². The van der Waals surface area contributed by atoms with Crippen molar-refractivity contribution in [1.29, 1.82) is 0 Å². The predicted octanol–water partition coefficient (Wildman–Crippen LogP) is 2.63. The van der Waals surface area contributed by atoms with Crippen LogP contribution in [0.25, 0.3) is 0 Å². The van der Waals surface area contributed by atoms with Crippen molar-refractivity contribution >= 4 is 17.4 Å². The van der Waals surface area contributed by atoms with Crippen molar-refractivity contribution in [2.24, 2.45) is 0 Å². The smallest absolute Gasteiger partial charge is 0.129 e. The van der Waals surface area contributed by atoms with Crippen molar-refractivity contribution in [3.8, 4) is 0 Å². The van der Waals surface area contributed by atoms with E-state index in [0.717, 1.165) is 24.5 Å². The number of halogens is 1. The first kappa shape index (κ1) is 13.0. The highest BCUT2D eigenvalue weighted by Crippen LogP contribution is 2.20. The molecule has 0 aliphatic rings. The topological polar surface area (TPSA) is 36.4 Å². The molecule has 88 valence electrons. The Morgan fingerprint density at radius 2 is 2.31 bits per heavy atom. The van der Waals surface area contributed by atoms with Crippen LogP contribution in [0, 0.1) is 0 Å². The van der Waals surface area contributed by atoms with Crippen LogP contribution in [0.2, 0.25) is 5.02 Å². The van der Waals surface area contributed by atoms with Gasteiger partial charge in [0.25, 0.3) is 0 Å². The average molecular weight is 241 g/mol. The molecule has 0 aromatic carbocycles. The van der Waals surface area contributed by atoms with Gasteiger partial charge in [0.2, 0.25) is 0 Å². The Balaban J connectivity index is 2.96. The van der Waals surface area contributed by atoms with Crippen LogP contribution in [0.5, 0.6) is 0 Å². The Kier molecular flexibility index (Phi) is 4.77. The molecule has 1 aromatic heterocycles. The van der Waals surface area contributed by atoms with Gasteiger partial charge in [-0.05, 0) is 19.9 Å². The summed E-state index contributed by atoms with van der Waals surface area (Å²) in [6, 6.07) is 1.81. The normalized spacial score (nSPS) is 10.2. The maximum absolute atomic E-state index is 9.13. The molecule has 1 heterocycles. The Labute approximate surface area is 101 Å². The van der Waals surface area contributed by atoms with Crippen molar-refractivity contribution in [2.45, 2.75) is 20.5 Å². The number of likely N-dealkylation sites (N-methyl/N-ethyl adjacent to an activating group) is 1. The van der Waals surface area contributed by atoms with Gasteiger partial charge in [0, 0.05) is 24.8 Å². The summed E-state index contributed by atoms with van der Waals surface area (Å²) in [5.41, 5.74) is 1.77. The summed E-state index contributed by atoms with van der Waals surface area (Å²) >= 11 is 5.89. The van der Waals surface area contributed by atoms with Gasteiger partial charge in [-0.3, -0.25) is 0 Å². The third kappa shape index (κ3) is 3.22. The molecule has 4 heteroatoms. The van der Waals surface area contributed by atoms with Gasteiger partial charge in [-0.15, -0.1) is 0 Å². The second-order valence-corrected chi connectivity index (χ2v) is 4.17.